The Kier molecular flexibility index (Phi) is 10.0. The van der Waals surface area contributed by atoms with E-state index in [9.17, 15) is 18.3 Å². The van der Waals surface area contributed by atoms with Gasteiger partial charge in [-0.1, -0.05) is 12.1 Å². The smallest absolute Gasteiger partial charge is 0.497 e. The standard InChI is InChI=1S/C19H22F3N3O3.HI/c1-27-16-8-4-15(5-9-16)25-18(23)24-11-14(12-26)10-13-2-6-17(7-3-13)28-19(20,21)22;/h2-9,14,26H,10-12H2,1H3,(H3,23,24,25);1H. The zero-order valence-electron chi connectivity index (χ0n) is 15.6. The average molecular weight is 525 g/mol. The summed E-state index contributed by atoms with van der Waals surface area (Å²) < 4.78 is 45.5. The maximum absolute atomic E-state index is 12.2. The molecule has 10 heteroatoms. The summed E-state index contributed by atoms with van der Waals surface area (Å²) in [4.78, 5) is 4.21. The second-order valence-electron chi connectivity index (χ2n) is 6.02. The molecule has 4 N–H and O–H groups in total. The number of anilines is 1. The number of hydrogen-bond donors (Lipinski definition) is 3. The molecule has 0 fully saturated rings. The van der Waals surface area contributed by atoms with E-state index in [-0.39, 0.29) is 54.8 Å². The highest BCUT2D eigenvalue weighted by Gasteiger charge is 2.30. The molecule has 0 amide bonds. The number of nitrogens with two attached hydrogens (primary N) is 1. The predicted molar refractivity (Wildman–Crippen MR) is 116 cm³/mol. The topological polar surface area (TPSA) is 89.1 Å². The monoisotopic (exact) mass is 525 g/mol. The van der Waals surface area contributed by atoms with E-state index < -0.39 is 6.36 Å². The molecular weight excluding hydrogens is 502 g/mol. The maximum Gasteiger partial charge on any atom is 0.573 e. The van der Waals surface area contributed by atoms with Crippen molar-refractivity contribution in [3.8, 4) is 11.5 Å². The fourth-order valence-electron chi connectivity index (χ4n) is 2.44. The molecule has 29 heavy (non-hydrogen) atoms. The summed E-state index contributed by atoms with van der Waals surface area (Å²) in [5.74, 6) is 0.388. The summed E-state index contributed by atoms with van der Waals surface area (Å²) in [5.41, 5.74) is 7.35. The lowest BCUT2D eigenvalue weighted by Gasteiger charge is -2.14. The number of nitrogens with one attached hydrogen (secondary N) is 1. The first-order valence-corrected chi connectivity index (χ1v) is 8.45. The summed E-state index contributed by atoms with van der Waals surface area (Å²) in [7, 11) is 1.57. The molecule has 0 aliphatic rings. The van der Waals surface area contributed by atoms with Gasteiger partial charge in [0.1, 0.15) is 11.5 Å². The van der Waals surface area contributed by atoms with E-state index in [1.807, 2.05) is 0 Å². The summed E-state index contributed by atoms with van der Waals surface area (Å²) in [6.45, 7) is 0.117. The molecule has 0 bridgehead atoms. The van der Waals surface area contributed by atoms with Crippen LogP contribution in [0.5, 0.6) is 11.5 Å². The Bertz CT molecular complexity index is 769. The Morgan fingerprint density at radius 1 is 1.10 bits per heavy atom. The van der Waals surface area contributed by atoms with E-state index in [4.69, 9.17) is 10.5 Å². The molecule has 0 aromatic heterocycles. The lowest BCUT2D eigenvalue weighted by molar-refractivity contribution is -0.274. The number of rotatable bonds is 8. The van der Waals surface area contributed by atoms with E-state index in [0.29, 0.717) is 12.2 Å². The van der Waals surface area contributed by atoms with Crippen LogP contribution in [0, 0.1) is 5.92 Å². The molecule has 2 aromatic rings. The molecule has 2 rings (SSSR count). The van der Waals surface area contributed by atoms with Gasteiger partial charge in [0.25, 0.3) is 0 Å². The van der Waals surface area contributed by atoms with Crippen LogP contribution >= 0.6 is 24.0 Å². The number of aliphatic hydroxyl groups is 1. The van der Waals surface area contributed by atoms with Crippen molar-refractivity contribution < 1.29 is 27.8 Å². The van der Waals surface area contributed by atoms with Crippen molar-refractivity contribution in [2.75, 3.05) is 25.6 Å². The van der Waals surface area contributed by atoms with Crippen LogP contribution in [0.4, 0.5) is 18.9 Å². The van der Waals surface area contributed by atoms with E-state index in [2.05, 4.69) is 15.0 Å². The first kappa shape index (κ1) is 24.8. The summed E-state index contributed by atoms with van der Waals surface area (Å²) in [5, 5.41) is 12.5. The SMILES string of the molecule is COc1ccc(NC(N)=NCC(CO)Cc2ccc(OC(F)(F)F)cc2)cc1.I. The van der Waals surface area contributed by atoms with Crippen LogP contribution in [-0.4, -0.2) is 37.7 Å². The molecule has 0 saturated heterocycles. The van der Waals surface area contributed by atoms with Crippen molar-refractivity contribution in [3.05, 3.63) is 54.1 Å². The van der Waals surface area contributed by atoms with Crippen LogP contribution in [-0.2, 0) is 6.42 Å². The number of nitrogens with zero attached hydrogens (tertiary/aromatic N) is 1. The molecule has 1 unspecified atom stereocenters. The van der Waals surface area contributed by atoms with E-state index >= 15 is 0 Å². The molecule has 160 valence electrons. The minimum atomic E-state index is -4.72. The normalized spacial score (nSPS) is 12.7. The largest absolute Gasteiger partial charge is 0.573 e. The minimum Gasteiger partial charge on any atom is -0.497 e. The molecular formula is C19H23F3IN3O3. The minimum absolute atomic E-state index is 0. The molecule has 0 spiro atoms. The van der Waals surface area contributed by atoms with Crippen LogP contribution < -0.4 is 20.5 Å². The van der Waals surface area contributed by atoms with E-state index in [1.165, 1.54) is 24.3 Å². The van der Waals surface area contributed by atoms with Gasteiger partial charge in [-0.2, -0.15) is 0 Å². The first-order valence-electron chi connectivity index (χ1n) is 8.45. The number of alkyl halides is 3. The van der Waals surface area contributed by atoms with Gasteiger partial charge in [0.15, 0.2) is 5.96 Å². The summed E-state index contributed by atoms with van der Waals surface area (Å²) in [6.07, 6.45) is -4.29. The van der Waals surface area contributed by atoms with Gasteiger partial charge in [-0.25, -0.2) is 0 Å². The van der Waals surface area contributed by atoms with Crippen LogP contribution in [0.25, 0.3) is 0 Å². The zero-order chi connectivity index (χ0) is 20.6. The first-order chi connectivity index (χ1) is 13.3. The molecule has 0 aliphatic heterocycles. The Balaban J connectivity index is 0.00000420. The highest BCUT2D eigenvalue weighted by Crippen LogP contribution is 2.23. The number of ether oxygens (including phenoxy) is 2. The number of hydrogen-bond acceptors (Lipinski definition) is 4. The lowest BCUT2D eigenvalue weighted by Crippen LogP contribution is -2.25. The van der Waals surface area contributed by atoms with Crippen molar-refractivity contribution in [1.29, 1.82) is 0 Å². The fraction of sp³-hybridized carbons (Fsp3) is 0.316. The molecule has 0 radical (unpaired) electrons. The maximum atomic E-state index is 12.2. The third-order valence-electron chi connectivity index (χ3n) is 3.82. The van der Waals surface area contributed by atoms with Crippen molar-refractivity contribution in [1.82, 2.24) is 0 Å². The number of aliphatic hydroxyl groups excluding tert-OH is 1. The van der Waals surface area contributed by atoms with Crippen molar-refractivity contribution >= 4 is 35.6 Å². The second kappa shape index (κ2) is 11.7. The molecule has 1 atom stereocenters. The molecule has 0 heterocycles. The van der Waals surface area contributed by atoms with Gasteiger partial charge in [0, 0.05) is 24.8 Å². The van der Waals surface area contributed by atoms with Crippen molar-refractivity contribution in [2.24, 2.45) is 16.6 Å². The highest BCUT2D eigenvalue weighted by atomic mass is 127. The Morgan fingerprint density at radius 2 is 1.69 bits per heavy atom. The van der Waals surface area contributed by atoms with Crippen LogP contribution in [0.2, 0.25) is 0 Å². The average Bonchev–Trinajstić information content (AvgIpc) is 2.66. The Morgan fingerprint density at radius 3 is 2.21 bits per heavy atom. The summed E-state index contributed by atoms with van der Waals surface area (Å²) in [6, 6.07) is 12.6. The summed E-state index contributed by atoms with van der Waals surface area (Å²) >= 11 is 0. The highest BCUT2D eigenvalue weighted by molar-refractivity contribution is 14.0. The number of halogens is 4. The molecule has 6 nitrogen and oxygen atoms in total. The molecule has 2 aromatic carbocycles. The van der Waals surface area contributed by atoms with Gasteiger partial charge < -0.3 is 25.6 Å². The van der Waals surface area contributed by atoms with Crippen LogP contribution in [0.15, 0.2) is 53.5 Å². The third kappa shape index (κ3) is 9.22. The van der Waals surface area contributed by atoms with Crippen molar-refractivity contribution in [3.63, 3.8) is 0 Å². The van der Waals surface area contributed by atoms with Gasteiger partial charge in [-0.05, 0) is 48.4 Å². The molecule has 0 saturated carbocycles. The number of benzene rings is 2. The zero-order valence-corrected chi connectivity index (χ0v) is 18.0. The Hall–Kier alpha value is -2.21. The predicted octanol–water partition coefficient (Wildman–Crippen LogP) is 3.79. The van der Waals surface area contributed by atoms with Gasteiger partial charge in [-0.3, -0.25) is 4.99 Å². The van der Waals surface area contributed by atoms with E-state index in [1.54, 1.807) is 31.4 Å². The lowest BCUT2D eigenvalue weighted by atomic mass is 10.0. The van der Waals surface area contributed by atoms with Gasteiger partial charge in [0.05, 0.1) is 7.11 Å². The van der Waals surface area contributed by atoms with Crippen LogP contribution in [0.1, 0.15) is 5.56 Å². The van der Waals surface area contributed by atoms with E-state index in [0.717, 1.165) is 11.3 Å². The molecule has 0 aliphatic carbocycles. The van der Waals surface area contributed by atoms with Crippen LogP contribution in [0.3, 0.4) is 0 Å². The second-order valence-corrected chi connectivity index (χ2v) is 6.02. The third-order valence-corrected chi connectivity index (χ3v) is 3.82. The van der Waals surface area contributed by atoms with Crippen molar-refractivity contribution in [2.45, 2.75) is 12.8 Å². The number of aliphatic imine (C=N–C) groups is 1. The number of methoxy groups -OCH3 is 1. The van der Waals surface area contributed by atoms with Gasteiger partial charge in [0.2, 0.25) is 0 Å². The number of guanidine groups is 1. The van der Waals surface area contributed by atoms with Gasteiger partial charge >= 0.3 is 6.36 Å². The van der Waals surface area contributed by atoms with Gasteiger partial charge in [-0.15, -0.1) is 37.1 Å². The fourth-order valence-corrected chi connectivity index (χ4v) is 2.44. The Labute approximate surface area is 183 Å². The quantitative estimate of drug-likeness (QED) is 0.278.